The molecule has 1 aliphatic rings. The van der Waals surface area contributed by atoms with Crippen molar-refractivity contribution in [3.05, 3.63) is 64.9 Å². The van der Waals surface area contributed by atoms with E-state index in [1.165, 1.54) is 0 Å². The molecule has 0 radical (unpaired) electrons. The maximum Gasteiger partial charge on any atom is 0.264 e. The van der Waals surface area contributed by atoms with Gasteiger partial charge in [0.2, 0.25) is 0 Å². The zero-order valence-electron chi connectivity index (χ0n) is 14.8. The van der Waals surface area contributed by atoms with E-state index in [-0.39, 0.29) is 5.78 Å². The van der Waals surface area contributed by atoms with E-state index >= 15 is 0 Å². The highest BCUT2D eigenvalue weighted by Crippen LogP contribution is 2.23. The van der Waals surface area contributed by atoms with Gasteiger partial charge in [0.15, 0.2) is 12.0 Å². The lowest BCUT2D eigenvalue weighted by Gasteiger charge is -2.27. The first-order valence-electron chi connectivity index (χ1n) is 8.97. The first kappa shape index (κ1) is 19.5. The standard InChI is InChI=1S/C20H22ClN3O3/c21-15-8-6-14(7-9-15)18(25)17-5-3-13-24(17)20(27)19(26)23-12-10-16-4-1-2-11-22-16/h1-2,4,6-9,11,17,20,27H,3,5,10,12-13H2,(H,23,26). The van der Waals surface area contributed by atoms with Crippen molar-refractivity contribution in [3.8, 4) is 0 Å². The fraction of sp³-hybridized carbons (Fsp3) is 0.350. The van der Waals surface area contributed by atoms with Crippen LogP contribution in [0.5, 0.6) is 0 Å². The van der Waals surface area contributed by atoms with Crippen molar-refractivity contribution in [3.63, 3.8) is 0 Å². The number of aromatic nitrogens is 1. The maximum absolute atomic E-state index is 12.8. The first-order chi connectivity index (χ1) is 13.1. The Hall–Kier alpha value is -2.28. The summed E-state index contributed by atoms with van der Waals surface area (Å²) in [6, 6.07) is 11.7. The molecule has 1 amide bonds. The van der Waals surface area contributed by atoms with E-state index in [1.807, 2.05) is 18.2 Å². The SMILES string of the molecule is O=C(NCCc1ccccn1)C(O)N1CCCC1C(=O)c1ccc(Cl)cc1. The van der Waals surface area contributed by atoms with Crippen LogP contribution in [0.25, 0.3) is 0 Å². The van der Waals surface area contributed by atoms with Gasteiger partial charge in [0.05, 0.1) is 6.04 Å². The molecular formula is C20H22ClN3O3. The van der Waals surface area contributed by atoms with Crippen molar-refractivity contribution in [1.29, 1.82) is 0 Å². The van der Waals surface area contributed by atoms with E-state index in [0.717, 1.165) is 12.1 Å². The minimum absolute atomic E-state index is 0.107. The van der Waals surface area contributed by atoms with Crippen LogP contribution in [0.3, 0.4) is 0 Å². The number of pyridine rings is 1. The summed E-state index contributed by atoms with van der Waals surface area (Å²) in [5.74, 6) is -0.605. The lowest BCUT2D eigenvalue weighted by Crippen LogP contribution is -2.51. The van der Waals surface area contributed by atoms with E-state index in [9.17, 15) is 14.7 Å². The van der Waals surface area contributed by atoms with Crippen molar-refractivity contribution >= 4 is 23.3 Å². The summed E-state index contributed by atoms with van der Waals surface area (Å²) < 4.78 is 0. The van der Waals surface area contributed by atoms with Crippen molar-refractivity contribution in [1.82, 2.24) is 15.2 Å². The number of aliphatic hydroxyl groups excluding tert-OH is 1. The molecule has 142 valence electrons. The van der Waals surface area contributed by atoms with Crippen molar-refractivity contribution < 1.29 is 14.7 Å². The van der Waals surface area contributed by atoms with E-state index in [0.29, 0.717) is 36.5 Å². The number of hydrogen-bond donors (Lipinski definition) is 2. The molecule has 0 saturated carbocycles. The minimum Gasteiger partial charge on any atom is -0.370 e. The highest BCUT2D eigenvalue weighted by molar-refractivity contribution is 6.30. The van der Waals surface area contributed by atoms with Gasteiger partial charge in [-0.15, -0.1) is 0 Å². The number of ketones is 1. The molecule has 2 unspecified atom stereocenters. The molecular weight excluding hydrogens is 366 g/mol. The fourth-order valence-corrected chi connectivity index (χ4v) is 3.40. The maximum atomic E-state index is 12.8. The van der Waals surface area contributed by atoms with Crippen LogP contribution in [0.2, 0.25) is 5.02 Å². The molecule has 6 nitrogen and oxygen atoms in total. The van der Waals surface area contributed by atoms with Crippen LogP contribution in [-0.2, 0) is 11.2 Å². The topological polar surface area (TPSA) is 82.5 Å². The molecule has 1 saturated heterocycles. The molecule has 2 atom stereocenters. The monoisotopic (exact) mass is 387 g/mol. The third-order valence-electron chi connectivity index (χ3n) is 4.68. The second kappa shape index (κ2) is 9.08. The number of likely N-dealkylation sites (tertiary alicyclic amines) is 1. The van der Waals surface area contributed by atoms with Crippen molar-refractivity contribution in [2.24, 2.45) is 0 Å². The zero-order valence-corrected chi connectivity index (χ0v) is 15.6. The summed E-state index contributed by atoms with van der Waals surface area (Å²) in [6.45, 7) is 0.870. The lowest BCUT2D eigenvalue weighted by molar-refractivity contribution is -0.139. The Morgan fingerprint density at radius 1 is 1.26 bits per heavy atom. The largest absolute Gasteiger partial charge is 0.370 e. The molecule has 1 aromatic heterocycles. The molecule has 2 heterocycles. The molecule has 0 aliphatic carbocycles. The van der Waals surface area contributed by atoms with Crippen molar-refractivity contribution in [2.45, 2.75) is 31.5 Å². The second-order valence-electron chi connectivity index (χ2n) is 6.50. The number of carbonyl (C=O) groups excluding carboxylic acids is 2. The molecule has 0 spiro atoms. The van der Waals surface area contributed by atoms with Gasteiger partial charge in [-0.25, -0.2) is 0 Å². The van der Waals surface area contributed by atoms with E-state index in [4.69, 9.17) is 11.6 Å². The number of rotatable bonds is 7. The molecule has 7 heteroatoms. The Morgan fingerprint density at radius 2 is 2.04 bits per heavy atom. The van der Waals surface area contributed by atoms with Crippen LogP contribution in [0, 0.1) is 0 Å². The van der Waals surface area contributed by atoms with E-state index in [1.54, 1.807) is 35.4 Å². The molecule has 1 aromatic carbocycles. The smallest absolute Gasteiger partial charge is 0.264 e. The van der Waals surface area contributed by atoms with Gasteiger partial charge in [0.25, 0.3) is 5.91 Å². The van der Waals surface area contributed by atoms with Gasteiger partial charge >= 0.3 is 0 Å². The Morgan fingerprint density at radius 3 is 2.74 bits per heavy atom. The van der Waals surface area contributed by atoms with Gasteiger partial charge in [-0.05, 0) is 49.2 Å². The van der Waals surface area contributed by atoms with Gasteiger partial charge in [0.1, 0.15) is 0 Å². The van der Waals surface area contributed by atoms with Crippen LogP contribution in [0.1, 0.15) is 28.9 Å². The number of aliphatic hydroxyl groups is 1. The summed E-state index contributed by atoms with van der Waals surface area (Å²) in [7, 11) is 0. The number of halogens is 1. The molecule has 27 heavy (non-hydrogen) atoms. The molecule has 1 fully saturated rings. The Bertz CT molecular complexity index is 783. The molecule has 1 aliphatic heterocycles. The first-order valence-corrected chi connectivity index (χ1v) is 9.35. The summed E-state index contributed by atoms with van der Waals surface area (Å²) in [5, 5.41) is 13.7. The highest BCUT2D eigenvalue weighted by Gasteiger charge is 2.37. The molecule has 2 N–H and O–H groups in total. The van der Waals surface area contributed by atoms with Gasteiger partial charge in [-0.3, -0.25) is 19.5 Å². The van der Waals surface area contributed by atoms with Crippen LogP contribution in [-0.4, -0.2) is 52.0 Å². The molecule has 0 bridgehead atoms. The van der Waals surface area contributed by atoms with Gasteiger partial charge < -0.3 is 10.4 Å². The predicted molar refractivity (Wildman–Crippen MR) is 102 cm³/mol. The van der Waals surface area contributed by atoms with Gasteiger partial charge in [0, 0.05) is 42.0 Å². The Labute approximate surface area is 163 Å². The number of amides is 1. The third kappa shape index (κ3) is 4.91. The van der Waals surface area contributed by atoms with E-state index in [2.05, 4.69) is 10.3 Å². The van der Waals surface area contributed by atoms with Crippen LogP contribution in [0.15, 0.2) is 48.7 Å². The Kier molecular flexibility index (Phi) is 6.55. The number of nitrogens with one attached hydrogen (secondary N) is 1. The van der Waals surface area contributed by atoms with Crippen LogP contribution < -0.4 is 5.32 Å². The average Bonchev–Trinajstić information content (AvgIpc) is 3.18. The van der Waals surface area contributed by atoms with Crippen LogP contribution in [0.4, 0.5) is 0 Å². The third-order valence-corrected chi connectivity index (χ3v) is 4.93. The normalized spacial score (nSPS) is 18.2. The number of benzene rings is 1. The summed E-state index contributed by atoms with van der Waals surface area (Å²) in [5.41, 5.74) is 1.39. The fourth-order valence-electron chi connectivity index (χ4n) is 3.27. The van der Waals surface area contributed by atoms with Gasteiger partial charge in [-0.1, -0.05) is 17.7 Å². The van der Waals surface area contributed by atoms with Crippen molar-refractivity contribution in [2.75, 3.05) is 13.1 Å². The number of nitrogens with zero attached hydrogens (tertiary/aromatic N) is 2. The zero-order chi connectivity index (χ0) is 19.2. The summed E-state index contributed by atoms with van der Waals surface area (Å²) >= 11 is 5.87. The number of hydrogen-bond acceptors (Lipinski definition) is 5. The predicted octanol–water partition coefficient (Wildman–Crippen LogP) is 2.06. The Balaban J connectivity index is 1.57. The highest BCUT2D eigenvalue weighted by atomic mass is 35.5. The average molecular weight is 388 g/mol. The van der Waals surface area contributed by atoms with Crippen LogP contribution >= 0.6 is 11.6 Å². The second-order valence-corrected chi connectivity index (χ2v) is 6.94. The minimum atomic E-state index is -1.35. The number of carbonyl (C=O) groups is 2. The summed E-state index contributed by atoms with van der Waals surface area (Å²) in [6.07, 6.45) is 2.29. The molecule has 2 aromatic rings. The lowest BCUT2D eigenvalue weighted by atomic mass is 10.0. The quantitative estimate of drug-likeness (QED) is 0.710. The van der Waals surface area contributed by atoms with Gasteiger partial charge in [-0.2, -0.15) is 0 Å². The van der Waals surface area contributed by atoms with E-state index < -0.39 is 18.2 Å². The molecule has 3 rings (SSSR count). The summed E-state index contributed by atoms with van der Waals surface area (Å²) in [4.78, 5) is 30.8. The number of Topliss-reactive ketones (excluding diaryl/α,β-unsaturated/α-hetero) is 1.